The van der Waals surface area contributed by atoms with E-state index in [2.05, 4.69) is 15.9 Å². The summed E-state index contributed by atoms with van der Waals surface area (Å²) in [4.78, 5) is 0. The van der Waals surface area contributed by atoms with Crippen molar-refractivity contribution in [1.29, 1.82) is 0 Å². The van der Waals surface area contributed by atoms with E-state index < -0.39 is 0 Å². The molecule has 0 saturated carbocycles. The van der Waals surface area contributed by atoms with Gasteiger partial charge in [-0.3, -0.25) is 0 Å². The summed E-state index contributed by atoms with van der Waals surface area (Å²) < 4.78 is 11.5. The van der Waals surface area contributed by atoms with E-state index in [0.29, 0.717) is 13.2 Å². The monoisotopic (exact) mass is 316 g/mol. The van der Waals surface area contributed by atoms with Crippen molar-refractivity contribution in [2.45, 2.75) is 18.8 Å². The van der Waals surface area contributed by atoms with Gasteiger partial charge in [0.05, 0.1) is 6.61 Å². The molecule has 0 aliphatic heterocycles. The van der Waals surface area contributed by atoms with Gasteiger partial charge in [-0.2, -0.15) is 0 Å². The Morgan fingerprint density at radius 1 is 1.17 bits per heavy atom. The molecule has 0 heterocycles. The lowest BCUT2D eigenvalue weighted by Crippen LogP contribution is -2.09. The van der Waals surface area contributed by atoms with Crippen LogP contribution in [0.4, 0.5) is 0 Å². The second kappa shape index (κ2) is 9.50. The largest absolute Gasteiger partial charge is 0.396 e. The van der Waals surface area contributed by atoms with Gasteiger partial charge in [-0.05, 0) is 30.5 Å². The van der Waals surface area contributed by atoms with Gasteiger partial charge in [-0.15, -0.1) is 0 Å². The zero-order valence-corrected chi connectivity index (χ0v) is 12.4. The van der Waals surface area contributed by atoms with Crippen molar-refractivity contribution < 1.29 is 14.6 Å². The number of ether oxygens (including phenoxy) is 2. The Kier molecular flexibility index (Phi) is 8.25. The maximum atomic E-state index is 9.40. The van der Waals surface area contributed by atoms with Gasteiger partial charge in [-0.1, -0.05) is 28.1 Å². The SMILES string of the molecule is COCCCOCCC(CO)c1ccc(Br)cc1. The lowest BCUT2D eigenvalue weighted by molar-refractivity contribution is 0.0937. The Morgan fingerprint density at radius 2 is 1.89 bits per heavy atom. The van der Waals surface area contributed by atoms with Crippen molar-refractivity contribution >= 4 is 15.9 Å². The molecule has 18 heavy (non-hydrogen) atoms. The Labute approximate surface area is 117 Å². The third-order valence-corrected chi connectivity index (χ3v) is 3.34. The lowest BCUT2D eigenvalue weighted by atomic mass is 9.97. The molecule has 1 unspecified atom stereocenters. The van der Waals surface area contributed by atoms with Crippen molar-refractivity contribution in [3.05, 3.63) is 34.3 Å². The molecule has 1 aromatic carbocycles. The van der Waals surface area contributed by atoms with E-state index in [-0.39, 0.29) is 12.5 Å². The average molecular weight is 317 g/mol. The zero-order valence-electron chi connectivity index (χ0n) is 10.8. The summed E-state index contributed by atoms with van der Waals surface area (Å²) in [6.45, 7) is 2.27. The van der Waals surface area contributed by atoms with Crippen molar-refractivity contribution in [1.82, 2.24) is 0 Å². The molecule has 4 heteroatoms. The molecule has 1 aromatic rings. The number of rotatable bonds is 9. The van der Waals surface area contributed by atoms with Crippen LogP contribution in [0.15, 0.2) is 28.7 Å². The summed E-state index contributed by atoms with van der Waals surface area (Å²) in [6.07, 6.45) is 1.75. The Hall–Kier alpha value is -0.420. The van der Waals surface area contributed by atoms with Crippen LogP contribution in [0, 0.1) is 0 Å². The summed E-state index contributed by atoms with van der Waals surface area (Å²) in [5.41, 5.74) is 1.15. The van der Waals surface area contributed by atoms with Gasteiger partial charge in [-0.25, -0.2) is 0 Å². The summed E-state index contributed by atoms with van der Waals surface area (Å²) in [7, 11) is 1.69. The highest BCUT2D eigenvalue weighted by Gasteiger charge is 2.10. The number of aliphatic hydroxyl groups excluding tert-OH is 1. The van der Waals surface area contributed by atoms with Gasteiger partial charge in [0.25, 0.3) is 0 Å². The van der Waals surface area contributed by atoms with Gasteiger partial charge in [0.2, 0.25) is 0 Å². The average Bonchev–Trinajstić information content (AvgIpc) is 2.39. The first-order valence-electron chi connectivity index (χ1n) is 6.21. The second-order valence-corrected chi connectivity index (χ2v) is 5.09. The molecule has 0 spiro atoms. The molecule has 1 rings (SSSR count). The quantitative estimate of drug-likeness (QED) is 0.712. The molecule has 1 atom stereocenters. The summed E-state index contributed by atoms with van der Waals surface area (Å²) in [5, 5.41) is 9.40. The fraction of sp³-hybridized carbons (Fsp3) is 0.571. The minimum absolute atomic E-state index is 0.153. The summed E-state index contributed by atoms with van der Waals surface area (Å²) in [6, 6.07) is 8.07. The fourth-order valence-corrected chi connectivity index (χ4v) is 2.00. The van der Waals surface area contributed by atoms with Gasteiger partial charge >= 0.3 is 0 Å². The first-order chi connectivity index (χ1) is 8.77. The van der Waals surface area contributed by atoms with Gasteiger partial charge in [0, 0.05) is 37.3 Å². The minimum atomic E-state index is 0.153. The van der Waals surface area contributed by atoms with E-state index in [1.165, 1.54) is 0 Å². The molecule has 0 aromatic heterocycles. The third-order valence-electron chi connectivity index (χ3n) is 2.81. The van der Waals surface area contributed by atoms with Crippen LogP contribution in [0.3, 0.4) is 0 Å². The number of halogens is 1. The highest BCUT2D eigenvalue weighted by atomic mass is 79.9. The standard InChI is InChI=1S/C14H21BrO3/c1-17-8-2-9-18-10-7-13(11-16)12-3-5-14(15)6-4-12/h3-6,13,16H,2,7-11H2,1H3. The second-order valence-electron chi connectivity index (χ2n) is 4.18. The zero-order chi connectivity index (χ0) is 13.2. The molecule has 102 valence electrons. The number of methoxy groups -OCH3 is 1. The van der Waals surface area contributed by atoms with Crippen LogP contribution in [0.5, 0.6) is 0 Å². The van der Waals surface area contributed by atoms with Crippen LogP contribution in [0.1, 0.15) is 24.3 Å². The normalized spacial score (nSPS) is 12.6. The molecule has 0 radical (unpaired) electrons. The number of hydrogen-bond acceptors (Lipinski definition) is 3. The van der Waals surface area contributed by atoms with Crippen molar-refractivity contribution in [2.75, 3.05) is 33.5 Å². The van der Waals surface area contributed by atoms with E-state index >= 15 is 0 Å². The summed E-state index contributed by atoms with van der Waals surface area (Å²) in [5.74, 6) is 0.153. The number of hydrogen-bond donors (Lipinski definition) is 1. The van der Waals surface area contributed by atoms with Crippen LogP contribution < -0.4 is 0 Å². The van der Waals surface area contributed by atoms with Crippen LogP contribution in [0.25, 0.3) is 0 Å². The van der Waals surface area contributed by atoms with E-state index in [0.717, 1.165) is 29.5 Å². The lowest BCUT2D eigenvalue weighted by Gasteiger charge is -2.14. The molecule has 0 bridgehead atoms. The number of benzene rings is 1. The van der Waals surface area contributed by atoms with Crippen LogP contribution in [-0.4, -0.2) is 38.6 Å². The molecular formula is C14H21BrO3. The van der Waals surface area contributed by atoms with Crippen molar-refractivity contribution in [3.8, 4) is 0 Å². The van der Waals surface area contributed by atoms with Crippen LogP contribution in [-0.2, 0) is 9.47 Å². The predicted molar refractivity (Wildman–Crippen MR) is 75.9 cm³/mol. The first kappa shape index (κ1) is 15.6. The molecule has 0 aliphatic rings. The molecule has 3 nitrogen and oxygen atoms in total. The predicted octanol–water partition coefficient (Wildman–Crippen LogP) is 2.97. The van der Waals surface area contributed by atoms with Gasteiger partial charge in [0.1, 0.15) is 0 Å². The topological polar surface area (TPSA) is 38.7 Å². The molecular weight excluding hydrogens is 296 g/mol. The van der Waals surface area contributed by atoms with E-state index in [9.17, 15) is 5.11 Å². The maximum absolute atomic E-state index is 9.40. The molecule has 0 fully saturated rings. The van der Waals surface area contributed by atoms with E-state index in [4.69, 9.17) is 9.47 Å². The Balaban J connectivity index is 2.27. The maximum Gasteiger partial charge on any atom is 0.0500 e. The van der Waals surface area contributed by atoms with Gasteiger partial charge in [0.15, 0.2) is 0 Å². The van der Waals surface area contributed by atoms with Gasteiger partial charge < -0.3 is 14.6 Å². The smallest absolute Gasteiger partial charge is 0.0500 e. The fourth-order valence-electron chi connectivity index (χ4n) is 1.73. The van der Waals surface area contributed by atoms with E-state index in [1.54, 1.807) is 7.11 Å². The molecule has 0 aliphatic carbocycles. The Morgan fingerprint density at radius 3 is 2.50 bits per heavy atom. The Bertz CT molecular complexity index is 313. The number of aliphatic hydroxyl groups is 1. The summed E-state index contributed by atoms with van der Waals surface area (Å²) >= 11 is 3.41. The highest BCUT2D eigenvalue weighted by Crippen LogP contribution is 2.21. The van der Waals surface area contributed by atoms with Crippen LogP contribution >= 0.6 is 15.9 Å². The minimum Gasteiger partial charge on any atom is -0.396 e. The van der Waals surface area contributed by atoms with Crippen molar-refractivity contribution in [3.63, 3.8) is 0 Å². The first-order valence-corrected chi connectivity index (χ1v) is 7.00. The molecule has 0 saturated heterocycles. The highest BCUT2D eigenvalue weighted by molar-refractivity contribution is 9.10. The third kappa shape index (κ3) is 5.96. The molecule has 1 N–H and O–H groups in total. The van der Waals surface area contributed by atoms with Crippen molar-refractivity contribution in [2.24, 2.45) is 0 Å². The van der Waals surface area contributed by atoms with E-state index in [1.807, 2.05) is 24.3 Å². The van der Waals surface area contributed by atoms with Crippen LogP contribution in [0.2, 0.25) is 0 Å². The molecule has 0 amide bonds.